The number of ether oxygens (including phenoxy) is 1. The zero-order chi connectivity index (χ0) is 23.2. The number of H-pyrrole nitrogens is 1. The smallest absolute Gasteiger partial charge is 0.259 e. The number of morpholine rings is 1. The van der Waals surface area contributed by atoms with Crippen LogP contribution >= 0.6 is 0 Å². The number of pyridine rings is 1. The minimum absolute atomic E-state index is 0.0306. The number of anilines is 1. The maximum Gasteiger partial charge on any atom is 0.259 e. The molecule has 2 aromatic carbocycles. The summed E-state index contributed by atoms with van der Waals surface area (Å²) in [5.41, 5.74) is 1.26. The Morgan fingerprint density at radius 2 is 1.82 bits per heavy atom. The van der Waals surface area contributed by atoms with Gasteiger partial charge in [0, 0.05) is 36.6 Å². The molecule has 33 heavy (non-hydrogen) atoms. The molecule has 172 valence electrons. The summed E-state index contributed by atoms with van der Waals surface area (Å²) in [5.74, 6) is -0.929. The summed E-state index contributed by atoms with van der Waals surface area (Å²) in [6, 6.07) is 9.83. The van der Waals surface area contributed by atoms with Crippen molar-refractivity contribution in [3.8, 4) is 0 Å². The highest BCUT2D eigenvalue weighted by Gasteiger charge is 2.29. The normalized spacial score (nSPS) is 17.2. The third kappa shape index (κ3) is 3.94. The molecule has 2 aliphatic rings. The van der Waals surface area contributed by atoms with Gasteiger partial charge in [0.15, 0.2) is 0 Å². The second-order valence-electron chi connectivity index (χ2n) is 8.10. The van der Waals surface area contributed by atoms with Gasteiger partial charge in [-0.25, -0.2) is 12.8 Å². The van der Waals surface area contributed by atoms with Gasteiger partial charge in [-0.1, -0.05) is 6.07 Å². The van der Waals surface area contributed by atoms with Gasteiger partial charge in [-0.2, -0.15) is 4.31 Å². The minimum Gasteiger partial charge on any atom is -0.379 e. The quantitative estimate of drug-likeness (QED) is 0.632. The summed E-state index contributed by atoms with van der Waals surface area (Å²) in [5, 5.41) is 0.317. The Morgan fingerprint density at radius 1 is 1.03 bits per heavy atom. The summed E-state index contributed by atoms with van der Waals surface area (Å²) in [7, 11) is -3.80. The second kappa shape index (κ2) is 8.36. The molecule has 0 bridgehead atoms. The molecule has 0 aliphatic carbocycles. The molecule has 10 heteroatoms. The number of aryl methyl sites for hydroxylation is 1. The molecule has 3 heterocycles. The van der Waals surface area contributed by atoms with Crippen LogP contribution in [0.2, 0.25) is 0 Å². The van der Waals surface area contributed by atoms with Crippen molar-refractivity contribution < 1.29 is 22.3 Å². The molecule has 0 spiro atoms. The monoisotopic (exact) mass is 471 g/mol. The Balaban J connectivity index is 1.62. The average Bonchev–Trinajstić information content (AvgIpc) is 2.83. The molecule has 0 atom stereocenters. The van der Waals surface area contributed by atoms with Crippen molar-refractivity contribution in [3.05, 3.63) is 69.8 Å². The molecule has 3 aromatic rings. The van der Waals surface area contributed by atoms with E-state index in [1.165, 1.54) is 45.6 Å². The van der Waals surface area contributed by atoms with Gasteiger partial charge in [0.25, 0.3) is 5.91 Å². The van der Waals surface area contributed by atoms with Crippen molar-refractivity contribution >= 4 is 32.5 Å². The number of carbonyl (C=O) groups excluding carboxylic acids is 1. The number of nitrogens with zero attached hydrogens (tertiary/aromatic N) is 2. The molecule has 1 aromatic heterocycles. The zero-order valence-corrected chi connectivity index (χ0v) is 18.5. The highest BCUT2D eigenvalue weighted by atomic mass is 32.2. The van der Waals surface area contributed by atoms with E-state index < -0.39 is 27.3 Å². The van der Waals surface area contributed by atoms with E-state index in [0.29, 0.717) is 42.8 Å². The first-order chi connectivity index (χ1) is 15.8. The first kappa shape index (κ1) is 21.7. The van der Waals surface area contributed by atoms with Crippen molar-refractivity contribution in [1.82, 2.24) is 9.29 Å². The highest BCUT2D eigenvalue weighted by Crippen LogP contribution is 2.31. The lowest BCUT2D eigenvalue weighted by molar-refractivity contribution is 0.0730. The van der Waals surface area contributed by atoms with E-state index in [2.05, 4.69) is 4.98 Å². The van der Waals surface area contributed by atoms with E-state index in [1.807, 2.05) is 0 Å². The number of nitrogens with one attached hydrogen (secondary N) is 1. The topological polar surface area (TPSA) is 99.8 Å². The van der Waals surface area contributed by atoms with Crippen LogP contribution in [0.5, 0.6) is 0 Å². The van der Waals surface area contributed by atoms with Crippen molar-refractivity contribution in [1.29, 1.82) is 0 Å². The number of halogens is 1. The van der Waals surface area contributed by atoms with Crippen LogP contribution < -0.4 is 10.5 Å². The van der Waals surface area contributed by atoms with Gasteiger partial charge in [-0.15, -0.1) is 0 Å². The van der Waals surface area contributed by atoms with Crippen LogP contribution in [0.25, 0.3) is 10.9 Å². The molecule has 0 saturated carbocycles. The average molecular weight is 472 g/mol. The van der Waals surface area contributed by atoms with Gasteiger partial charge < -0.3 is 14.6 Å². The van der Waals surface area contributed by atoms with Crippen LogP contribution in [0.4, 0.5) is 10.1 Å². The summed E-state index contributed by atoms with van der Waals surface area (Å²) < 4.78 is 46.8. The standard InChI is InChI=1S/C23H22FN3O5S/c24-16-4-3-15-2-1-7-27(21(15)12-16)23(29)19-14-22(28)25-20-6-5-17(13-18(19)20)33(30,31)26-8-10-32-11-9-26/h3-6,12-14H,1-2,7-11H2,(H,25,28). The Hall–Kier alpha value is -3.08. The highest BCUT2D eigenvalue weighted by molar-refractivity contribution is 7.89. The molecule has 8 nitrogen and oxygen atoms in total. The van der Waals surface area contributed by atoms with E-state index in [0.717, 1.165) is 12.0 Å². The molecule has 1 fully saturated rings. The molecular formula is C23H22FN3O5S. The van der Waals surface area contributed by atoms with Crippen LogP contribution in [0.15, 0.2) is 52.2 Å². The minimum atomic E-state index is -3.80. The number of aromatic amines is 1. The van der Waals surface area contributed by atoms with E-state index >= 15 is 0 Å². The van der Waals surface area contributed by atoms with E-state index in [-0.39, 0.29) is 23.5 Å². The van der Waals surface area contributed by atoms with Crippen molar-refractivity contribution in [3.63, 3.8) is 0 Å². The van der Waals surface area contributed by atoms with Gasteiger partial charge in [0.05, 0.1) is 29.4 Å². The number of rotatable bonds is 3. The molecular weight excluding hydrogens is 449 g/mol. The number of benzene rings is 2. The zero-order valence-electron chi connectivity index (χ0n) is 17.7. The fourth-order valence-corrected chi connectivity index (χ4v) is 5.85. The molecule has 5 rings (SSSR count). The maximum absolute atomic E-state index is 13.9. The molecule has 0 radical (unpaired) electrons. The van der Waals surface area contributed by atoms with Crippen LogP contribution in [0.1, 0.15) is 22.3 Å². The maximum atomic E-state index is 13.9. The fourth-order valence-electron chi connectivity index (χ4n) is 4.41. The lowest BCUT2D eigenvalue weighted by atomic mass is 10.00. The first-order valence-corrected chi connectivity index (χ1v) is 12.1. The lowest BCUT2D eigenvalue weighted by Crippen LogP contribution is -2.40. The Morgan fingerprint density at radius 3 is 2.61 bits per heavy atom. The summed E-state index contributed by atoms with van der Waals surface area (Å²) in [6.45, 7) is 1.49. The first-order valence-electron chi connectivity index (χ1n) is 10.7. The molecule has 1 amide bonds. The number of aromatic nitrogens is 1. The summed E-state index contributed by atoms with van der Waals surface area (Å²) in [4.78, 5) is 30.0. The summed E-state index contributed by atoms with van der Waals surface area (Å²) in [6.07, 6.45) is 1.42. The Kier molecular flexibility index (Phi) is 5.51. The molecule has 2 aliphatic heterocycles. The predicted octanol–water partition coefficient (Wildman–Crippen LogP) is 2.28. The van der Waals surface area contributed by atoms with Crippen LogP contribution in [-0.2, 0) is 21.2 Å². The Bertz CT molecular complexity index is 1410. The molecule has 1 saturated heterocycles. The number of carbonyl (C=O) groups is 1. The van der Waals surface area contributed by atoms with Crippen LogP contribution in [0.3, 0.4) is 0 Å². The number of hydrogen-bond acceptors (Lipinski definition) is 5. The number of amides is 1. The number of fused-ring (bicyclic) bond motifs is 2. The van der Waals surface area contributed by atoms with Crippen LogP contribution in [0, 0.1) is 5.82 Å². The Labute approximate surface area is 189 Å². The number of sulfonamides is 1. The van der Waals surface area contributed by atoms with Gasteiger partial charge in [0.2, 0.25) is 15.6 Å². The van der Waals surface area contributed by atoms with Gasteiger partial charge in [-0.3, -0.25) is 9.59 Å². The van der Waals surface area contributed by atoms with E-state index in [9.17, 15) is 22.4 Å². The fraction of sp³-hybridized carbons (Fsp3) is 0.304. The van der Waals surface area contributed by atoms with Crippen LogP contribution in [-0.4, -0.2) is 56.5 Å². The van der Waals surface area contributed by atoms with Crippen molar-refractivity contribution in [2.75, 3.05) is 37.7 Å². The predicted molar refractivity (Wildman–Crippen MR) is 121 cm³/mol. The third-order valence-electron chi connectivity index (χ3n) is 6.06. The van der Waals surface area contributed by atoms with Crippen molar-refractivity contribution in [2.45, 2.75) is 17.7 Å². The largest absolute Gasteiger partial charge is 0.379 e. The lowest BCUT2D eigenvalue weighted by Gasteiger charge is -2.30. The SMILES string of the molecule is O=C(c1cc(=O)[nH]c2ccc(S(=O)(=O)N3CCOCC3)cc12)N1CCCc2ccc(F)cc21. The van der Waals surface area contributed by atoms with Crippen molar-refractivity contribution in [2.24, 2.45) is 0 Å². The van der Waals surface area contributed by atoms with E-state index in [4.69, 9.17) is 4.74 Å². The van der Waals surface area contributed by atoms with Gasteiger partial charge >= 0.3 is 0 Å². The molecule has 1 N–H and O–H groups in total. The summed E-state index contributed by atoms with van der Waals surface area (Å²) >= 11 is 0. The molecule has 0 unspecified atom stereocenters. The third-order valence-corrected chi connectivity index (χ3v) is 7.96. The van der Waals surface area contributed by atoms with E-state index in [1.54, 1.807) is 6.07 Å². The second-order valence-corrected chi connectivity index (χ2v) is 10.0. The number of hydrogen-bond donors (Lipinski definition) is 1. The van der Waals surface area contributed by atoms with Gasteiger partial charge in [-0.05, 0) is 48.7 Å². The van der Waals surface area contributed by atoms with Gasteiger partial charge in [0.1, 0.15) is 5.82 Å².